The molecule has 0 saturated heterocycles. The Labute approximate surface area is 309 Å². The predicted octanol–water partition coefficient (Wildman–Crippen LogP) is 9.48. The zero-order valence-electron chi connectivity index (χ0n) is 33.5. The standard InChI is InChI=1S/C42H84N2O6/c1-4-7-10-13-14-15-17-22-37-49-41(47)28-24-30-44(34-36-46)32-25-31-43(33-35-45)29-21-16-18-23-38-50-42(48)39-40(26-19-11-8-5-2)27-20-12-9-6-3/h40,45-46H,4-39H2,1-3H3. The van der Waals surface area contributed by atoms with Crippen molar-refractivity contribution in [2.45, 2.75) is 188 Å². The maximum absolute atomic E-state index is 12.6. The van der Waals surface area contributed by atoms with Crippen molar-refractivity contribution in [2.75, 3.05) is 65.7 Å². The Bertz CT molecular complexity index is 712. The van der Waals surface area contributed by atoms with Gasteiger partial charge in [-0.25, -0.2) is 0 Å². The largest absolute Gasteiger partial charge is 0.466 e. The van der Waals surface area contributed by atoms with Gasteiger partial charge in [0, 0.05) is 25.9 Å². The molecule has 0 saturated carbocycles. The minimum absolute atomic E-state index is 0.0145. The number of carbonyl (C=O) groups excluding carboxylic acids is 2. The van der Waals surface area contributed by atoms with Crippen molar-refractivity contribution in [1.29, 1.82) is 0 Å². The molecule has 0 aromatic rings. The van der Waals surface area contributed by atoms with Gasteiger partial charge in [-0.2, -0.15) is 0 Å². The summed E-state index contributed by atoms with van der Waals surface area (Å²) < 4.78 is 11.1. The van der Waals surface area contributed by atoms with Gasteiger partial charge in [-0.05, 0) is 77.0 Å². The van der Waals surface area contributed by atoms with Crippen molar-refractivity contribution < 1.29 is 29.3 Å². The van der Waals surface area contributed by atoms with E-state index in [1.807, 2.05) is 0 Å². The molecule has 0 aromatic heterocycles. The van der Waals surface area contributed by atoms with E-state index in [1.165, 1.54) is 89.9 Å². The number of rotatable bonds is 40. The number of nitrogens with zero attached hydrogens (tertiary/aromatic N) is 2. The molecule has 0 rings (SSSR count). The van der Waals surface area contributed by atoms with Crippen LogP contribution in [0.1, 0.15) is 188 Å². The van der Waals surface area contributed by atoms with Gasteiger partial charge in [0.1, 0.15) is 0 Å². The number of ether oxygens (including phenoxy) is 2. The Kier molecular flexibility index (Phi) is 38.0. The van der Waals surface area contributed by atoms with Crippen LogP contribution in [0.5, 0.6) is 0 Å². The van der Waals surface area contributed by atoms with E-state index < -0.39 is 0 Å². The van der Waals surface area contributed by atoms with E-state index in [0.717, 1.165) is 90.4 Å². The number of unbranched alkanes of at least 4 members (excludes halogenated alkanes) is 16. The van der Waals surface area contributed by atoms with E-state index in [0.29, 0.717) is 45.1 Å². The third-order valence-corrected chi connectivity index (χ3v) is 9.92. The molecule has 0 aliphatic heterocycles. The molecule has 0 atom stereocenters. The van der Waals surface area contributed by atoms with Crippen LogP contribution in [-0.4, -0.2) is 97.6 Å². The molecular formula is C42H84N2O6. The Hall–Kier alpha value is -1.22. The van der Waals surface area contributed by atoms with Crippen LogP contribution in [0.15, 0.2) is 0 Å². The fourth-order valence-corrected chi connectivity index (χ4v) is 6.75. The van der Waals surface area contributed by atoms with E-state index in [2.05, 4.69) is 30.6 Å². The molecule has 0 aliphatic carbocycles. The Morgan fingerprint density at radius 3 is 1.36 bits per heavy atom. The van der Waals surface area contributed by atoms with Gasteiger partial charge in [0.15, 0.2) is 0 Å². The number of hydrogen-bond acceptors (Lipinski definition) is 8. The highest BCUT2D eigenvalue weighted by molar-refractivity contribution is 5.69. The normalized spacial score (nSPS) is 11.7. The first-order chi connectivity index (χ1) is 24.5. The highest BCUT2D eigenvalue weighted by Gasteiger charge is 2.15. The summed E-state index contributed by atoms with van der Waals surface area (Å²) in [7, 11) is 0. The smallest absolute Gasteiger partial charge is 0.306 e. The Balaban J connectivity index is 4.12. The van der Waals surface area contributed by atoms with Crippen LogP contribution >= 0.6 is 0 Å². The molecule has 0 heterocycles. The van der Waals surface area contributed by atoms with Crippen molar-refractivity contribution in [1.82, 2.24) is 9.80 Å². The molecule has 0 unspecified atom stereocenters. The molecule has 0 amide bonds. The Morgan fingerprint density at radius 2 is 0.860 bits per heavy atom. The summed E-state index contributed by atoms with van der Waals surface area (Å²) in [6.07, 6.45) is 29.0. The van der Waals surface area contributed by atoms with Crippen molar-refractivity contribution in [3.63, 3.8) is 0 Å². The minimum atomic E-state index is -0.112. The van der Waals surface area contributed by atoms with E-state index in [4.69, 9.17) is 9.47 Å². The lowest BCUT2D eigenvalue weighted by Gasteiger charge is -2.25. The van der Waals surface area contributed by atoms with E-state index >= 15 is 0 Å². The summed E-state index contributed by atoms with van der Waals surface area (Å²) in [6, 6.07) is 0. The zero-order chi connectivity index (χ0) is 36.8. The minimum Gasteiger partial charge on any atom is -0.466 e. The van der Waals surface area contributed by atoms with E-state index in [9.17, 15) is 19.8 Å². The van der Waals surface area contributed by atoms with Crippen LogP contribution in [0.3, 0.4) is 0 Å². The fourth-order valence-electron chi connectivity index (χ4n) is 6.75. The van der Waals surface area contributed by atoms with Gasteiger partial charge in [-0.3, -0.25) is 9.59 Å². The summed E-state index contributed by atoms with van der Waals surface area (Å²) in [5.74, 6) is 0.348. The lowest BCUT2D eigenvalue weighted by atomic mass is 9.92. The maximum Gasteiger partial charge on any atom is 0.306 e. The molecule has 0 radical (unpaired) electrons. The van der Waals surface area contributed by atoms with Crippen molar-refractivity contribution in [3.8, 4) is 0 Å². The second-order valence-corrected chi connectivity index (χ2v) is 14.7. The molecule has 0 bridgehead atoms. The molecule has 0 aromatic carbocycles. The quantitative estimate of drug-likeness (QED) is 0.0479. The highest BCUT2D eigenvalue weighted by Crippen LogP contribution is 2.22. The molecule has 0 fully saturated rings. The lowest BCUT2D eigenvalue weighted by Crippen LogP contribution is -2.34. The monoisotopic (exact) mass is 713 g/mol. The number of esters is 2. The molecule has 8 nitrogen and oxygen atoms in total. The van der Waals surface area contributed by atoms with Crippen LogP contribution in [0.25, 0.3) is 0 Å². The molecule has 50 heavy (non-hydrogen) atoms. The maximum atomic E-state index is 12.6. The Morgan fingerprint density at radius 1 is 0.460 bits per heavy atom. The highest BCUT2D eigenvalue weighted by atomic mass is 16.5. The first-order valence-corrected chi connectivity index (χ1v) is 21.5. The molecule has 0 spiro atoms. The van der Waals surface area contributed by atoms with Crippen molar-refractivity contribution in [2.24, 2.45) is 5.92 Å². The second kappa shape index (κ2) is 39.0. The molecule has 298 valence electrons. The van der Waals surface area contributed by atoms with Crippen molar-refractivity contribution in [3.05, 3.63) is 0 Å². The zero-order valence-corrected chi connectivity index (χ0v) is 33.5. The van der Waals surface area contributed by atoms with Gasteiger partial charge in [0.2, 0.25) is 0 Å². The van der Waals surface area contributed by atoms with Crippen LogP contribution in [0.4, 0.5) is 0 Å². The van der Waals surface area contributed by atoms with Crippen LogP contribution < -0.4 is 0 Å². The first-order valence-electron chi connectivity index (χ1n) is 21.5. The van der Waals surface area contributed by atoms with Crippen molar-refractivity contribution >= 4 is 11.9 Å². The van der Waals surface area contributed by atoms with E-state index in [-0.39, 0.29) is 25.2 Å². The SMILES string of the molecule is CCCCCCCCCCOC(=O)CCCN(CCO)CCCN(CCO)CCCCCCOC(=O)CC(CCCCCC)CCCCCC. The molecular weight excluding hydrogens is 628 g/mol. The number of aliphatic hydroxyl groups is 2. The number of carbonyl (C=O) groups is 2. The molecule has 2 N–H and O–H groups in total. The predicted molar refractivity (Wildman–Crippen MR) is 210 cm³/mol. The third-order valence-electron chi connectivity index (χ3n) is 9.92. The average Bonchev–Trinajstić information content (AvgIpc) is 3.10. The van der Waals surface area contributed by atoms with Gasteiger partial charge in [-0.15, -0.1) is 0 Å². The van der Waals surface area contributed by atoms with Crippen LogP contribution in [0, 0.1) is 5.92 Å². The van der Waals surface area contributed by atoms with Gasteiger partial charge < -0.3 is 29.5 Å². The van der Waals surface area contributed by atoms with Gasteiger partial charge >= 0.3 is 11.9 Å². The van der Waals surface area contributed by atoms with Gasteiger partial charge in [0.25, 0.3) is 0 Å². The summed E-state index contributed by atoms with van der Waals surface area (Å²) in [5.41, 5.74) is 0. The van der Waals surface area contributed by atoms with Crippen LogP contribution in [0.2, 0.25) is 0 Å². The molecule has 0 aliphatic rings. The van der Waals surface area contributed by atoms with Gasteiger partial charge in [-0.1, -0.05) is 130 Å². The van der Waals surface area contributed by atoms with Crippen LogP contribution in [-0.2, 0) is 19.1 Å². The summed E-state index contributed by atoms with van der Waals surface area (Å²) in [5, 5.41) is 19.1. The summed E-state index contributed by atoms with van der Waals surface area (Å²) >= 11 is 0. The first kappa shape index (κ1) is 48.8. The topological polar surface area (TPSA) is 99.5 Å². The summed E-state index contributed by atoms with van der Waals surface area (Å²) in [6.45, 7) is 12.8. The summed E-state index contributed by atoms with van der Waals surface area (Å²) in [4.78, 5) is 29.3. The number of hydrogen-bond donors (Lipinski definition) is 2. The lowest BCUT2D eigenvalue weighted by molar-refractivity contribution is -0.145. The fraction of sp³-hybridized carbons (Fsp3) is 0.952. The number of aliphatic hydroxyl groups excluding tert-OH is 2. The van der Waals surface area contributed by atoms with E-state index in [1.54, 1.807) is 0 Å². The second-order valence-electron chi connectivity index (χ2n) is 14.7. The average molecular weight is 713 g/mol. The third kappa shape index (κ3) is 33.9. The molecule has 8 heteroatoms. The van der Waals surface area contributed by atoms with Gasteiger partial charge in [0.05, 0.1) is 26.4 Å².